The minimum absolute atomic E-state index is 0. The molecule has 2 heterocycles. The minimum atomic E-state index is -1.10. The van der Waals surface area contributed by atoms with E-state index in [2.05, 4.69) is 9.97 Å². The van der Waals surface area contributed by atoms with Gasteiger partial charge in [0.1, 0.15) is 12.1 Å². The van der Waals surface area contributed by atoms with E-state index in [0.29, 0.717) is 17.1 Å². The molecule has 0 aliphatic carbocycles. The third kappa shape index (κ3) is 2.72. The summed E-state index contributed by atoms with van der Waals surface area (Å²) >= 11 is 0. The number of carboxylic acids is 1. The Morgan fingerprint density at radius 2 is 2.09 bits per heavy atom. The van der Waals surface area contributed by atoms with Crippen LogP contribution in [0.1, 0.15) is 17.6 Å². The van der Waals surface area contributed by atoms with Gasteiger partial charge in [-0.2, -0.15) is 0 Å². The maximum absolute atomic E-state index is 11.2. The van der Waals surface area contributed by atoms with Gasteiger partial charge in [-0.1, -0.05) is 12.1 Å². The van der Waals surface area contributed by atoms with Gasteiger partial charge in [-0.05, 0) is 25.1 Å². The SMILES string of the molecule is COc1ccccc1-c1cc(C)n2cnc(C(=O)O)c2n1.[H-].[Na+]. The maximum Gasteiger partial charge on any atom is 1.00 e. The molecule has 1 aromatic carbocycles. The van der Waals surface area contributed by atoms with Crippen LogP contribution in [0.25, 0.3) is 16.9 Å². The molecule has 0 unspecified atom stereocenters. The maximum atomic E-state index is 11.2. The first-order valence-corrected chi connectivity index (χ1v) is 6.33. The van der Waals surface area contributed by atoms with Crippen LogP contribution in [0, 0.1) is 6.92 Å². The van der Waals surface area contributed by atoms with Gasteiger partial charge in [0.2, 0.25) is 0 Å². The van der Waals surface area contributed by atoms with E-state index in [-0.39, 0.29) is 36.7 Å². The van der Waals surface area contributed by atoms with Crippen LogP contribution >= 0.6 is 0 Å². The average molecular weight is 307 g/mol. The standard InChI is InChI=1S/C15H13N3O3.Na.H/c1-9-7-11(10-5-3-4-6-12(10)21-2)17-14-13(15(19)20)16-8-18(9)14;;/h3-8H,1-2H3,(H,19,20);;/q;+1;-1. The number of hydrogen-bond acceptors (Lipinski definition) is 4. The molecule has 6 nitrogen and oxygen atoms in total. The molecule has 0 radical (unpaired) electrons. The Labute approximate surface area is 150 Å². The number of imidazole rings is 1. The van der Waals surface area contributed by atoms with Crippen LogP contribution in [-0.2, 0) is 0 Å². The number of carboxylic acid groups (broad SMARTS) is 1. The van der Waals surface area contributed by atoms with E-state index in [0.717, 1.165) is 11.3 Å². The van der Waals surface area contributed by atoms with Gasteiger partial charge in [-0.25, -0.2) is 14.8 Å². The molecule has 0 amide bonds. The molecule has 0 aliphatic rings. The molecular formula is C15H14N3NaO3. The number of nitrogens with zero attached hydrogens (tertiary/aromatic N) is 3. The van der Waals surface area contributed by atoms with Crippen molar-refractivity contribution in [2.75, 3.05) is 7.11 Å². The fourth-order valence-corrected chi connectivity index (χ4v) is 2.27. The number of aromatic nitrogens is 3. The summed E-state index contributed by atoms with van der Waals surface area (Å²) in [6.45, 7) is 1.88. The van der Waals surface area contributed by atoms with Crippen LogP contribution in [0.15, 0.2) is 36.7 Å². The molecule has 0 aliphatic heterocycles. The van der Waals surface area contributed by atoms with E-state index in [1.807, 2.05) is 37.3 Å². The molecule has 3 aromatic rings. The summed E-state index contributed by atoms with van der Waals surface area (Å²) in [5, 5.41) is 9.18. The first-order chi connectivity index (χ1) is 10.1. The van der Waals surface area contributed by atoms with Gasteiger partial charge in [0.25, 0.3) is 0 Å². The fourth-order valence-electron chi connectivity index (χ4n) is 2.27. The van der Waals surface area contributed by atoms with Crippen LogP contribution in [0.5, 0.6) is 5.75 Å². The average Bonchev–Trinajstić information content (AvgIpc) is 2.91. The van der Waals surface area contributed by atoms with Gasteiger partial charge in [0, 0.05) is 11.3 Å². The molecule has 1 N–H and O–H groups in total. The molecule has 7 heteroatoms. The second-order valence-corrected chi connectivity index (χ2v) is 4.57. The molecule has 3 rings (SSSR count). The van der Waals surface area contributed by atoms with E-state index in [1.54, 1.807) is 11.5 Å². The zero-order chi connectivity index (χ0) is 15.0. The van der Waals surface area contributed by atoms with Crippen molar-refractivity contribution in [1.29, 1.82) is 0 Å². The van der Waals surface area contributed by atoms with Crippen molar-refractivity contribution in [1.82, 2.24) is 14.4 Å². The Balaban J connectivity index is 0.00000132. The Morgan fingerprint density at radius 1 is 1.36 bits per heavy atom. The quantitative estimate of drug-likeness (QED) is 0.662. The predicted molar refractivity (Wildman–Crippen MR) is 77.8 cm³/mol. The van der Waals surface area contributed by atoms with Crippen molar-refractivity contribution in [2.45, 2.75) is 6.92 Å². The second-order valence-electron chi connectivity index (χ2n) is 4.57. The Kier molecular flexibility index (Phi) is 4.85. The van der Waals surface area contributed by atoms with E-state index in [9.17, 15) is 9.90 Å². The van der Waals surface area contributed by atoms with Crippen LogP contribution in [0.4, 0.5) is 0 Å². The van der Waals surface area contributed by atoms with Gasteiger partial charge in [0.05, 0.1) is 12.8 Å². The van der Waals surface area contributed by atoms with E-state index < -0.39 is 5.97 Å². The van der Waals surface area contributed by atoms with Gasteiger partial charge >= 0.3 is 35.5 Å². The molecule has 108 valence electrons. The van der Waals surface area contributed by atoms with Gasteiger partial charge in [-0.15, -0.1) is 0 Å². The molecule has 0 spiro atoms. The summed E-state index contributed by atoms with van der Waals surface area (Å²) in [6, 6.07) is 9.35. The van der Waals surface area contributed by atoms with Crippen molar-refractivity contribution < 1.29 is 45.6 Å². The zero-order valence-corrected chi connectivity index (χ0v) is 14.6. The first kappa shape index (κ1) is 16.5. The number of aryl methyl sites for hydroxylation is 1. The normalized spacial score (nSPS) is 10.3. The Bertz CT molecular complexity index is 851. The van der Waals surface area contributed by atoms with E-state index in [1.165, 1.54) is 6.33 Å². The third-order valence-corrected chi connectivity index (χ3v) is 3.28. The summed E-state index contributed by atoms with van der Waals surface area (Å²) in [6.07, 6.45) is 1.47. The summed E-state index contributed by atoms with van der Waals surface area (Å²) in [7, 11) is 1.59. The van der Waals surface area contributed by atoms with Gasteiger partial charge in [0.15, 0.2) is 11.3 Å². The number of methoxy groups -OCH3 is 1. The zero-order valence-electron chi connectivity index (χ0n) is 13.6. The van der Waals surface area contributed by atoms with Crippen molar-refractivity contribution in [3.05, 3.63) is 48.0 Å². The van der Waals surface area contributed by atoms with Crippen molar-refractivity contribution in [2.24, 2.45) is 0 Å². The van der Waals surface area contributed by atoms with Crippen LogP contribution in [0.3, 0.4) is 0 Å². The molecule has 0 bridgehead atoms. The number of benzene rings is 1. The Morgan fingerprint density at radius 3 is 2.77 bits per heavy atom. The van der Waals surface area contributed by atoms with Crippen LogP contribution < -0.4 is 34.3 Å². The van der Waals surface area contributed by atoms with E-state index >= 15 is 0 Å². The molecular weight excluding hydrogens is 293 g/mol. The number of fused-ring (bicyclic) bond motifs is 1. The largest absolute Gasteiger partial charge is 1.00 e. The van der Waals surface area contributed by atoms with Crippen molar-refractivity contribution in [3.63, 3.8) is 0 Å². The second kappa shape index (κ2) is 6.48. The molecule has 2 aromatic heterocycles. The number of aromatic carboxylic acids is 1. The monoisotopic (exact) mass is 307 g/mol. The summed E-state index contributed by atoms with van der Waals surface area (Å²) < 4.78 is 6.99. The predicted octanol–water partition coefficient (Wildman–Crippen LogP) is -0.472. The smallest absolute Gasteiger partial charge is 1.00 e. The summed E-state index contributed by atoms with van der Waals surface area (Å²) in [5.74, 6) is -0.410. The first-order valence-electron chi connectivity index (χ1n) is 6.33. The number of ether oxygens (including phenoxy) is 1. The number of hydrogen-bond donors (Lipinski definition) is 1. The number of para-hydroxylation sites is 1. The Hall–Kier alpha value is -1.89. The topological polar surface area (TPSA) is 76.7 Å². The summed E-state index contributed by atoms with van der Waals surface area (Å²) in [5.41, 5.74) is 2.57. The van der Waals surface area contributed by atoms with Crippen LogP contribution in [0.2, 0.25) is 0 Å². The van der Waals surface area contributed by atoms with Crippen LogP contribution in [-0.4, -0.2) is 32.6 Å². The molecule has 0 saturated carbocycles. The molecule has 22 heavy (non-hydrogen) atoms. The fraction of sp³-hybridized carbons (Fsp3) is 0.133. The van der Waals surface area contributed by atoms with Gasteiger partial charge < -0.3 is 11.3 Å². The van der Waals surface area contributed by atoms with Crippen molar-refractivity contribution in [3.8, 4) is 17.0 Å². The molecule has 0 saturated heterocycles. The number of carbonyl (C=O) groups is 1. The van der Waals surface area contributed by atoms with E-state index in [4.69, 9.17) is 4.74 Å². The molecule has 0 atom stereocenters. The van der Waals surface area contributed by atoms with Gasteiger partial charge in [-0.3, -0.25) is 4.40 Å². The molecule has 0 fully saturated rings. The summed E-state index contributed by atoms with van der Waals surface area (Å²) in [4.78, 5) is 19.6. The third-order valence-electron chi connectivity index (χ3n) is 3.28. The number of rotatable bonds is 3. The minimum Gasteiger partial charge on any atom is -1.00 e. The van der Waals surface area contributed by atoms with Crippen molar-refractivity contribution >= 4 is 11.6 Å².